The minimum Gasteiger partial charge on any atom is -0.423 e. The van der Waals surface area contributed by atoms with Crippen molar-refractivity contribution in [2.45, 2.75) is 32.8 Å². The Hall–Kier alpha value is -1.65. The standard InChI is InChI=1S/C13H15F2NO2/c1-4-16-10-6-5-9(8(2)3)7-11(10)18-13(14,15)12(16)17/h5-8H,4H2,1-3H3. The fourth-order valence-corrected chi connectivity index (χ4v) is 1.96. The van der Waals surface area contributed by atoms with Crippen LogP contribution in [0.4, 0.5) is 14.5 Å². The summed E-state index contributed by atoms with van der Waals surface area (Å²) in [5.41, 5.74) is 1.30. The molecule has 0 N–H and O–H groups in total. The highest BCUT2D eigenvalue weighted by molar-refractivity contribution is 6.00. The van der Waals surface area contributed by atoms with Gasteiger partial charge in [0, 0.05) is 6.54 Å². The van der Waals surface area contributed by atoms with Gasteiger partial charge in [-0.3, -0.25) is 4.79 Å². The second kappa shape index (κ2) is 4.23. The number of hydrogen-bond donors (Lipinski definition) is 0. The average Bonchev–Trinajstić information content (AvgIpc) is 2.29. The van der Waals surface area contributed by atoms with Crippen LogP contribution in [0.1, 0.15) is 32.3 Å². The number of benzene rings is 1. The van der Waals surface area contributed by atoms with Crippen LogP contribution in [0.25, 0.3) is 0 Å². The van der Waals surface area contributed by atoms with E-state index in [4.69, 9.17) is 0 Å². The maximum absolute atomic E-state index is 13.4. The topological polar surface area (TPSA) is 29.5 Å². The molecule has 0 spiro atoms. The molecule has 0 bridgehead atoms. The van der Waals surface area contributed by atoms with E-state index in [0.29, 0.717) is 5.69 Å². The summed E-state index contributed by atoms with van der Waals surface area (Å²) in [5, 5.41) is 0. The van der Waals surface area contributed by atoms with Gasteiger partial charge in [0.1, 0.15) is 0 Å². The number of anilines is 1. The smallest absolute Gasteiger partial charge is 0.423 e. The Balaban J connectivity index is 2.52. The van der Waals surface area contributed by atoms with Crippen LogP contribution in [-0.4, -0.2) is 18.6 Å². The van der Waals surface area contributed by atoms with E-state index < -0.39 is 12.0 Å². The highest BCUT2D eigenvalue weighted by atomic mass is 19.3. The molecule has 0 saturated heterocycles. The Morgan fingerprint density at radius 1 is 1.39 bits per heavy atom. The number of hydrogen-bond acceptors (Lipinski definition) is 2. The van der Waals surface area contributed by atoms with Crippen LogP contribution >= 0.6 is 0 Å². The fraction of sp³-hybridized carbons (Fsp3) is 0.462. The van der Waals surface area contributed by atoms with Crippen LogP contribution in [0.2, 0.25) is 0 Å². The second-order valence-electron chi connectivity index (χ2n) is 4.55. The third kappa shape index (κ3) is 1.94. The third-order valence-corrected chi connectivity index (χ3v) is 2.99. The number of fused-ring (bicyclic) bond motifs is 1. The van der Waals surface area contributed by atoms with Crippen LogP contribution in [0, 0.1) is 0 Å². The molecule has 1 aromatic carbocycles. The van der Waals surface area contributed by atoms with Gasteiger partial charge in [0.05, 0.1) is 5.69 Å². The van der Waals surface area contributed by atoms with E-state index in [9.17, 15) is 13.6 Å². The van der Waals surface area contributed by atoms with Crippen molar-refractivity contribution in [2.24, 2.45) is 0 Å². The lowest BCUT2D eigenvalue weighted by Crippen LogP contribution is -2.50. The SMILES string of the molecule is CCN1C(=O)C(F)(F)Oc2cc(C(C)C)ccc21. The first-order chi connectivity index (χ1) is 8.36. The Labute approximate surface area is 104 Å². The summed E-state index contributed by atoms with van der Waals surface area (Å²) in [4.78, 5) is 12.6. The summed E-state index contributed by atoms with van der Waals surface area (Å²) in [6, 6.07) is 5.05. The summed E-state index contributed by atoms with van der Waals surface area (Å²) < 4.78 is 31.4. The molecule has 1 aliphatic rings. The van der Waals surface area contributed by atoms with Crippen molar-refractivity contribution >= 4 is 11.6 Å². The molecule has 18 heavy (non-hydrogen) atoms. The molecular weight excluding hydrogens is 240 g/mol. The number of likely N-dealkylation sites (N-methyl/N-ethyl adjacent to an activating group) is 1. The molecule has 0 aromatic heterocycles. The van der Waals surface area contributed by atoms with Crippen molar-refractivity contribution in [1.29, 1.82) is 0 Å². The second-order valence-corrected chi connectivity index (χ2v) is 4.55. The number of alkyl halides is 2. The number of halogens is 2. The molecular formula is C13H15F2NO2. The molecule has 1 aromatic rings. The zero-order valence-electron chi connectivity index (χ0n) is 10.5. The first kappa shape index (κ1) is 12.8. The van der Waals surface area contributed by atoms with Crippen molar-refractivity contribution in [2.75, 3.05) is 11.4 Å². The van der Waals surface area contributed by atoms with E-state index in [2.05, 4.69) is 4.74 Å². The van der Waals surface area contributed by atoms with E-state index in [0.717, 1.165) is 10.5 Å². The van der Waals surface area contributed by atoms with Crippen molar-refractivity contribution in [1.82, 2.24) is 0 Å². The van der Waals surface area contributed by atoms with Gasteiger partial charge >= 0.3 is 12.0 Å². The van der Waals surface area contributed by atoms with Crippen molar-refractivity contribution in [3.8, 4) is 5.75 Å². The van der Waals surface area contributed by atoms with E-state index in [1.165, 1.54) is 0 Å². The predicted molar refractivity (Wildman–Crippen MR) is 64.1 cm³/mol. The van der Waals surface area contributed by atoms with Gasteiger partial charge in [-0.1, -0.05) is 19.9 Å². The Bertz CT molecular complexity index is 486. The maximum Gasteiger partial charge on any atom is 0.482 e. The first-order valence-corrected chi connectivity index (χ1v) is 5.89. The summed E-state index contributed by atoms with van der Waals surface area (Å²) >= 11 is 0. The van der Waals surface area contributed by atoms with E-state index in [-0.39, 0.29) is 18.2 Å². The number of carbonyl (C=O) groups is 1. The molecule has 1 amide bonds. The van der Waals surface area contributed by atoms with Gasteiger partial charge in [0.25, 0.3) is 0 Å². The lowest BCUT2D eigenvalue weighted by molar-refractivity contribution is -0.192. The normalized spacial score (nSPS) is 17.7. The summed E-state index contributed by atoms with van der Waals surface area (Å²) in [6.07, 6.45) is -3.78. The lowest BCUT2D eigenvalue weighted by atomic mass is 10.0. The van der Waals surface area contributed by atoms with Gasteiger partial charge < -0.3 is 9.64 Å². The van der Waals surface area contributed by atoms with Crippen LogP contribution < -0.4 is 9.64 Å². The van der Waals surface area contributed by atoms with Gasteiger partial charge in [-0.25, -0.2) is 0 Å². The molecule has 0 unspecified atom stereocenters. The quantitative estimate of drug-likeness (QED) is 0.812. The largest absolute Gasteiger partial charge is 0.482 e. The van der Waals surface area contributed by atoms with E-state index >= 15 is 0 Å². The third-order valence-electron chi connectivity index (χ3n) is 2.99. The molecule has 98 valence electrons. The maximum atomic E-state index is 13.4. The van der Waals surface area contributed by atoms with Crippen molar-refractivity contribution < 1.29 is 18.3 Å². The predicted octanol–water partition coefficient (Wildman–Crippen LogP) is 3.15. The summed E-state index contributed by atoms with van der Waals surface area (Å²) in [7, 11) is 0. The van der Waals surface area contributed by atoms with Gasteiger partial charge in [-0.15, -0.1) is 0 Å². The minimum absolute atomic E-state index is 0.0626. The van der Waals surface area contributed by atoms with Crippen LogP contribution in [0.15, 0.2) is 18.2 Å². The average molecular weight is 255 g/mol. The van der Waals surface area contributed by atoms with Crippen LogP contribution in [-0.2, 0) is 4.79 Å². The van der Waals surface area contributed by atoms with Gasteiger partial charge in [0.2, 0.25) is 0 Å². The molecule has 3 nitrogen and oxygen atoms in total. The molecule has 2 rings (SSSR count). The molecule has 1 heterocycles. The Morgan fingerprint density at radius 3 is 2.61 bits per heavy atom. The van der Waals surface area contributed by atoms with Crippen molar-refractivity contribution in [3.05, 3.63) is 23.8 Å². The molecule has 0 radical (unpaired) electrons. The van der Waals surface area contributed by atoms with Crippen molar-refractivity contribution in [3.63, 3.8) is 0 Å². The van der Waals surface area contributed by atoms with E-state index in [1.54, 1.807) is 19.1 Å². The zero-order chi connectivity index (χ0) is 13.5. The van der Waals surface area contributed by atoms with Gasteiger partial charge in [-0.2, -0.15) is 8.78 Å². The summed E-state index contributed by atoms with van der Waals surface area (Å²) in [5.74, 6) is -1.04. The van der Waals surface area contributed by atoms with Gasteiger partial charge in [0.15, 0.2) is 5.75 Å². The first-order valence-electron chi connectivity index (χ1n) is 5.89. The monoisotopic (exact) mass is 255 g/mol. The number of carbonyl (C=O) groups excluding carboxylic acids is 1. The van der Waals surface area contributed by atoms with Crippen LogP contribution in [0.3, 0.4) is 0 Å². The Kier molecular flexibility index (Phi) is 3.00. The molecule has 0 atom stereocenters. The number of amides is 1. The van der Waals surface area contributed by atoms with Gasteiger partial charge in [-0.05, 0) is 30.5 Å². The lowest BCUT2D eigenvalue weighted by Gasteiger charge is -2.33. The number of nitrogens with zero attached hydrogens (tertiary/aromatic N) is 1. The minimum atomic E-state index is -3.78. The molecule has 0 saturated carbocycles. The molecule has 0 fully saturated rings. The fourth-order valence-electron chi connectivity index (χ4n) is 1.96. The molecule has 1 aliphatic heterocycles. The number of rotatable bonds is 2. The zero-order valence-corrected chi connectivity index (χ0v) is 10.5. The Morgan fingerprint density at radius 2 is 2.06 bits per heavy atom. The van der Waals surface area contributed by atoms with E-state index in [1.807, 2.05) is 19.9 Å². The molecule has 0 aliphatic carbocycles. The summed E-state index contributed by atoms with van der Waals surface area (Å²) in [6.45, 7) is 5.77. The number of ether oxygens (including phenoxy) is 1. The molecule has 5 heteroatoms. The highest BCUT2D eigenvalue weighted by Crippen LogP contribution is 2.40. The highest BCUT2D eigenvalue weighted by Gasteiger charge is 2.50. The van der Waals surface area contributed by atoms with Crippen LogP contribution in [0.5, 0.6) is 5.75 Å².